The van der Waals surface area contributed by atoms with Gasteiger partial charge in [0.1, 0.15) is 5.82 Å². The van der Waals surface area contributed by atoms with Crippen LogP contribution in [0, 0.1) is 0 Å². The van der Waals surface area contributed by atoms with Crippen molar-refractivity contribution in [1.82, 2.24) is 10.3 Å². The molecule has 3 rings (SSSR count). The summed E-state index contributed by atoms with van der Waals surface area (Å²) < 4.78 is 5.69. The van der Waals surface area contributed by atoms with Crippen LogP contribution in [0.5, 0.6) is 0 Å². The van der Waals surface area contributed by atoms with Gasteiger partial charge >= 0.3 is 0 Å². The van der Waals surface area contributed by atoms with Crippen molar-refractivity contribution in [3.63, 3.8) is 0 Å². The van der Waals surface area contributed by atoms with Crippen LogP contribution < -0.4 is 10.2 Å². The van der Waals surface area contributed by atoms with Crippen LogP contribution in [0.1, 0.15) is 31.7 Å². The Hall–Kier alpha value is -0.840. The molecular formula is C15H22ClN3O. The van der Waals surface area contributed by atoms with Gasteiger partial charge < -0.3 is 15.0 Å². The van der Waals surface area contributed by atoms with Gasteiger partial charge in [-0.1, -0.05) is 18.5 Å². The van der Waals surface area contributed by atoms with Gasteiger partial charge in [-0.25, -0.2) is 4.98 Å². The van der Waals surface area contributed by atoms with Crippen LogP contribution in [0.15, 0.2) is 12.3 Å². The molecule has 2 aliphatic rings. The number of rotatable bonds is 5. The number of pyridine rings is 1. The summed E-state index contributed by atoms with van der Waals surface area (Å²) in [5.74, 6) is 0.892. The number of hydrogen-bond acceptors (Lipinski definition) is 4. The number of aromatic nitrogens is 1. The molecule has 20 heavy (non-hydrogen) atoms. The van der Waals surface area contributed by atoms with E-state index in [1.165, 1.54) is 12.8 Å². The Balaban J connectivity index is 1.66. The molecule has 1 atom stereocenters. The Morgan fingerprint density at radius 3 is 3.05 bits per heavy atom. The lowest BCUT2D eigenvalue weighted by atomic mass is 10.2. The third-order valence-electron chi connectivity index (χ3n) is 3.94. The second kappa shape index (κ2) is 6.29. The molecule has 0 spiro atoms. The molecule has 0 radical (unpaired) electrons. The van der Waals surface area contributed by atoms with Crippen molar-refractivity contribution in [2.45, 2.75) is 44.9 Å². The molecule has 0 amide bonds. The molecule has 1 aliphatic carbocycles. The quantitative estimate of drug-likeness (QED) is 0.906. The highest BCUT2D eigenvalue weighted by molar-refractivity contribution is 6.33. The van der Waals surface area contributed by atoms with Gasteiger partial charge in [0.25, 0.3) is 0 Å². The van der Waals surface area contributed by atoms with E-state index in [0.29, 0.717) is 6.04 Å². The summed E-state index contributed by atoms with van der Waals surface area (Å²) in [6.07, 6.45) is 5.85. The number of nitrogens with one attached hydrogen (secondary N) is 1. The van der Waals surface area contributed by atoms with Crippen LogP contribution in [0.4, 0.5) is 5.82 Å². The Bertz CT molecular complexity index is 464. The third-order valence-corrected chi connectivity index (χ3v) is 4.22. The Kier molecular flexibility index (Phi) is 4.44. The largest absolute Gasteiger partial charge is 0.375 e. The van der Waals surface area contributed by atoms with Crippen LogP contribution in [0.25, 0.3) is 0 Å². The van der Waals surface area contributed by atoms with Gasteiger partial charge in [0.05, 0.1) is 17.7 Å². The highest BCUT2D eigenvalue weighted by atomic mass is 35.5. The van der Waals surface area contributed by atoms with E-state index in [-0.39, 0.29) is 6.10 Å². The number of ether oxygens (including phenoxy) is 1. The van der Waals surface area contributed by atoms with Crippen molar-refractivity contribution in [2.24, 2.45) is 0 Å². The van der Waals surface area contributed by atoms with E-state index in [2.05, 4.69) is 22.1 Å². The molecule has 110 valence electrons. The lowest BCUT2D eigenvalue weighted by Gasteiger charge is -2.33. The molecule has 0 aromatic carbocycles. The minimum absolute atomic E-state index is 0.290. The van der Waals surface area contributed by atoms with Crippen LogP contribution in [-0.2, 0) is 11.3 Å². The highest BCUT2D eigenvalue weighted by Crippen LogP contribution is 2.26. The SMILES string of the molecule is CCC1CN(c2ncc(CNC3CC3)cc2Cl)CCO1. The van der Waals surface area contributed by atoms with E-state index in [1.54, 1.807) is 0 Å². The minimum Gasteiger partial charge on any atom is -0.375 e. The van der Waals surface area contributed by atoms with Crippen molar-refractivity contribution >= 4 is 17.4 Å². The first kappa shape index (κ1) is 14.1. The number of nitrogens with zero attached hydrogens (tertiary/aromatic N) is 2. The summed E-state index contributed by atoms with van der Waals surface area (Å²) in [5.41, 5.74) is 1.16. The maximum absolute atomic E-state index is 6.41. The number of anilines is 1. The van der Waals surface area contributed by atoms with Crippen LogP contribution in [0.3, 0.4) is 0 Å². The average molecular weight is 296 g/mol. The Morgan fingerprint density at radius 1 is 1.50 bits per heavy atom. The summed E-state index contributed by atoms with van der Waals surface area (Å²) >= 11 is 6.41. The van der Waals surface area contributed by atoms with Crippen LogP contribution >= 0.6 is 11.6 Å². The molecule has 1 aromatic heterocycles. The lowest BCUT2D eigenvalue weighted by molar-refractivity contribution is 0.0382. The molecule has 2 fully saturated rings. The first-order chi connectivity index (χ1) is 9.76. The standard InChI is InChI=1S/C15H22ClN3O/c1-2-13-10-19(5-6-20-13)15-14(16)7-11(9-18-15)8-17-12-3-4-12/h7,9,12-13,17H,2-6,8,10H2,1H3. The van der Waals surface area contributed by atoms with Gasteiger partial charge in [-0.2, -0.15) is 0 Å². The maximum Gasteiger partial charge on any atom is 0.147 e. The molecular weight excluding hydrogens is 274 g/mol. The number of halogens is 1. The zero-order chi connectivity index (χ0) is 13.9. The molecule has 1 saturated heterocycles. The van der Waals surface area contributed by atoms with Crippen LogP contribution in [0.2, 0.25) is 5.02 Å². The second-order valence-corrected chi connectivity index (χ2v) is 6.06. The molecule has 4 nitrogen and oxygen atoms in total. The van der Waals surface area contributed by atoms with Gasteiger partial charge in [-0.15, -0.1) is 0 Å². The van der Waals surface area contributed by atoms with E-state index in [9.17, 15) is 0 Å². The highest BCUT2D eigenvalue weighted by Gasteiger charge is 2.23. The van der Waals surface area contributed by atoms with Crippen molar-refractivity contribution in [1.29, 1.82) is 0 Å². The Labute approximate surface area is 125 Å². The molecule has 1 aliphatic heterocycles. The maximum atomic E-state index is 6.41. The smallest absolute Gasteiger partial charge is 0.147 e. The van der Waals surface area contributed by atoms with Gasteiger partial charge in [0.2, 0.25) is 0 Å². The fraction of sp³-hybridized carbons (Fsp3) is 0.667. The van der Waals surface area contributed by atoms with E-state index < -0.39 is 0 Å². The molecule has 0 bridgehead atoms. The first-order valence-corrected chi connectivity index (χ1v) is 7.88. The van der Waals surface area contributed by atoms with Crippen molar-refractivity contribution < 1.29 is 4.74 Å². The fourth-order valence-corrected chi connectivity index (χ4v) is 2.82. The lowest BCUT2D eigenvalue weighted by Crippen LogP contribution is -2.42. The third kappa shape index (κ3) is 3.43. The van der Waals surface area contributed by atoms with Crippen LogP contribution in [-0.4, -0.2) is 36.8 Å². The Morgan fingerprint density at radius 2 is 2.35 bits per heavy atom. The van der Waals surface area contributed by atoms with Gasteiger partial charge in [-0.05, 0) is 30.9 Å². The molecule has 2 heterocycles. The normalized spacial score (nSPS) is 23.1. The topological polar surface area (TPSA) is 37.4 Å². The average Bonchev–Trinajstić information content (AvgIpc) is 3.29. The van der Waals surface area contributed by atoms with Gasteiger partial charge in [0, 0.05) is 31.9 Å². The summed E-state index contributed by atoms with van der Waals surface area (Å²) in [7, 11) is 0. The summed E-state index contributed by atoms with van der Waals surface area (Å²) in [6.45, 7) is 5.50. The van der Waals surface area contributed by atoms with E-state index in [4.69, 9.17) is 16.3 Å². The summed E-state index contributed by atoms with van der Waals surface area (Å²) in [6, 6.07) is 2.74. The van der Waals surface area contributed by atoms with E-state index >= 15 is 0 Å². The predicted molar refractivity (Wildman–Crippen MR) is 81.4 cm³/mol. The van der Waals surface area contributed by atoms with E-state index in [1.807, 2.05) is 12.3 Å². The molecule has 1 aromatic rings. The zero-order valence-corrected chi connectivity index (χ0v) is 12.7. The minimum atomic E-state index is 0.290. The number of hydrogen-bond donors (Lipinski definition) is 1. The fourth-order valence-electron chi connectivity index (χ4n) is 2.51. The first-order valence-electron chi connectivity index (χ1n) is 7.50. The van der Waals surface area contributed by atoms with Crippen molar-refractivity contribution in [3.8, 4) is 0 Å². The molecule has 1 N–H and O–H groups in total. The second-order valence-electron chi connectivity index (χ2n) is 5.65. The zero-order valence-electron chi connectivity index (χ0n) is 11.9. The molecule has 1 unspecified atom stereocenters. The number of morpholine rings is 1. The van der Waals surface area contributed by atoms with Crippen molar-refractivity contribution in [3.05, 3.63) is 22.8 Å². The summed E-state index contributed by atoms with van der Waals surface area (Å²) in [4.78, 5) is 6.80. The summed E-state index contributed by atoms with van der Waals surface area (Å²) in [5, 5.41) is 4.23. The molecule has 5 heteroatoms. The van der Waals surface area contributed by atoms with Gasteiger partial charge in [0.15, 0.2) is 0 Å². The predicted octanol–water partition coefficient (Wildman–Crippen LogP) is 2.60. The monoisotopic (exact) mass is 295 g/mol. The van der Waals surface area contributed by atoms with Gasteiger partial charge in [-0.3, -0.25) is 0 Å². The van der Waals surface area contributed by atoms with Crippen molar-refractivity contribution in [2.75, 3.05) is 24.6 Å². The van der Waals surface area contributed by atoms with E-state index in [0.717, 1.165) is 49.1 Å². The molecule has 1 saturated carbocycles.